The molecular weight excluding hydrogens is 411 g/mol. The lowest BCUT2D eigenvalue weighted by Crippen LogP contribution is -2.24. The molecule has 0 aliphatic carbocycles. The van der Waals surface area contributed by atoms with Crippen molar-refractivity contribution in [3.8, 4) is 22.8 Å². The van der Waals surface area contributed by atoms with Gasteiger partial charge < -0.3 is 9.88 Å². The molecular formula is C20H16F3N7O. The third kappa shape index (κ3) is 4.29. The number of nitrogens with one attached hydrogen (secondary N) is 2. The molecule has 3 aromatic heterocycles. The fourth-order valence-corrected chi connectivity index (χ4v) is 2.87. The second-order valence-corrected chi connectivity index (χ2v) is 6.67. The molecule has 8 nitrogen and oxygen atoms in total. The number of aromatic nitrogens is 6. The van der Waals surface area contributed by atoms with Crippen LogP contribution in [0.15, 0.2) is 60.9 Å². The Morgan fingerprint density at radius 1 is 1.10 bits per heavy atom. The Morgan fingerprint density at radius 3 is 2.61 bits per heavy atom. The van der Waals surface area contributed by atoms with Gasteiger partial charge in [0.15, 0.2) is 5.82 Å². The van der Waals surface area contributed by atoms with Gasteiger partial charge in [-0.15, -0.1) is 10.2 Å². The first-order valence-electron chi connectivity index (χ1n) is 9.19. The zero-order valence-electron chi connectivity index (χ0n) is 16.1. The van der Waals surface area contributed by atoms with Crippen molar-refractivity contribution in [2.24, 2.45) is 0 Å². The first-order valence-corrected chi connectivity index (χ1v) is 9.19. The summed E-state index contributed by atoms with van der Waals surface area (Å²) in [6.07, 6.45) is -3.48. The Labute approximate surface area is 174 Å². The molecule has 0 radical (unpaired) electrons. The molecule has 3 heterocycles. The number of amides is 1. The van der Waals surface area contributed by atoms with Crippen molar-refractivity contribution in [3.63, 3.8) is 0 Å². The second-order valence-electron chi connectivity index (χ2n) is 6.67. The lowest BCUT2D eigenvalue weighted by atomic mass is 10.1. The van der Waals surface area contributed by atoms with E-state index in [0.717, 1.165) is 23.4 Å². The van der Waals surface area contributed by atoms with E-state index in [1.165, 1.54) is 12.1 Å². The van der Waals surface area contributed by atoms with Gasteiger partial charge in [-0.25, -0.2) is 4.98 Å². The van der Waals surface area contributed by atoms with Gasteiger partial charge in [0.05, 0.1) is 5.69 Å². The number of pyridine rings is 1. The number of halogens is 3. The van der Waals surface area contributed by atoms with E-state index in [1.54, 1.807) is 12.1 Å². The van der Waals surface area contributed by atoms with Crippen LogP contribution in [-0.2, 0) is 0 Å². The maximum absolute atomic E-state index is 13.1. The van der Waals surface area contributed by atoms with Crippen molar-refractivity contribution >= 4 is 11.7 Å². The van der Waals surface area contributed by atoms with Gasteiger partial charge in [-0.1, -0.05) is 36.4 Å². The van der Waals surface area contributed by atoms with Crippen molar-refractivity contribution in [1.82, 2.24) is 29.9 Å². The number of hydrogen-bond donors (Lipinski definition) is 2. The van der Waals surface area contributed by atoms with E-state index in [2.05, 4.69) is 30.7 Å². The molecule has 1 amide bonds. The minimum atomic E-state index is -4.47. The number of nitrogens with zero attached hydrogens (tertiary/aromatic N) is 5. The maximum atomic E-state index is 13.1. The molecule has 4 rings (SSSR count). The molecule has 0 spiro atoms. The summed E-state index contributed by atoms with van der Waals surface area (Å²) in [6.45, 7) is 1.00. The van der Waals surface area contributed by atoms with Crippen LogP contribution >= 0.6 is 0 Å². The van der Waals surface area contributed by atoms with Gasteiger partial charge >= 0.3 is 6.18 Å². The van der Waals surface area contributed by atoms with Crippen LogP contribution in [0.4, 0.5) is 19.0 Å². The van der Waals surface area contributed by atoms with E-state index in [4.69, 9.17) is 0 Å². The summed E-state index contributed by atoms with van der Waals surface area (Å²) in [5.41, 5.74) is 1.79. The van der Waals surface area contributed by atoms with Gasteiger partial charge in [0.25, 0.3) is 5.91 Å². The highest BCUT2D eigenvalue weighted by atomic mass is 19.4. The summed E-state index contributed by atoms with van der Waals surface area (Å²) in [5.74, 6) is -0.411. The third-order valence-corrected chi connectivity index (χ3v) is 4.58. The predicted octanol–water partition coefficient (Wildman–Crippen LogP) is 4.11. The summed E-state index contributed by atoms with van der Waals surface area (Å²) < 4.78 is 40.2. The van der Waals surface area contributed by atoms with Crippen LogP contribution in [0.1, 0.15) is 23.5 Å². The molecule has 11 heteroatoms. The highest BCUT2D eigenvalue weighted by molar-refractivity contribution is 6.03. The average molecular weight is 427 g/mol. The standard InChI is InChI=1S/C20H16F3N7O/c1-12(20(21,22)23)30-11-24-29-18(30)14-8-5-9-17(25-14)26-19(31)16-10-15(27-28-16)13-6-3-2-4-7-13/h2-12H,1H3,(H,27,28)(H,25,26,31)/t12-/m1/s1. The number of benzene rings is 1. The number of aromatic amines is 1. The summed E-state index contributed by atoms with van der Waals surface area (Å²) in [6, 6.07) is 13.6. The van der Waals surface area contributed by atoms with Gasteiger partial charge in [-0.3, -0.25) is 9.89 Å². The van der Waals surface area contributed by atoms with Crippen molar-refractivity contribution in [2.75, 3.05) is 5.32 Å². The number of anilines is 1. The number of rotatable bonds is 5. The van der Waals surface area contributed by atoms with Gasteiger partial charge in [0, 0.05) is 5.56 Å². The Bertz CT molecular complexity index is 1200. The zero-order valence-corrected chi connectivity index (χ0v) is 16.1. The molecule has 1 aromatic carbocycles. The van der Waals surface area contributed by atoms with Gasteiger partial charge in [-0.05, 0) is 25.1 Å². The van der Waals surface area contributed by atoms with E-state index < -0.39 is 18.1 Å². The molecule has 158 valence electrons. The molecule has 0 saturated heterocycles. The first kappa shape index (κ1) is 20.3. The normalized spacial score (nSPS) is 12.5. The summed E-state index contributed by atoms with van der Waals surface area (Å²) in [7, 11) is 0. The van der Waals surface area contributed by atoms with E-state index in [9.17, 15) is 18.0 Å². The minimum Gasteiger partial charge on any atom is -0.305 e. The molecule has 31 heavy (non-hydrogen) atoms. The van der Waals surface area contributed by atoms with Crippen LogP contribution in [0, 0.1) is 0 Å². The molecule has 2 N–H and O–H groups in total. The van der Waals surface area contributed by atoms with Crippen LogP contribution in [0.25, 0.3) is 22.8 Å². The maximum Gasteiger partial charge on any atom is 0.408 e. The van der Waals surface area contributed by atoms with E-state index >= 15 is 0 Å². The lowest BCUT2D eigenvalue weighted by Gasteiger charge is -2.18. The van der Waals surface area contributed by atoms with Gasteiger partial charge in [0.2, 0.25) is 0 Å². The number of carbonyl (C=O) groups is 1. The molecule has 0 fully saturated rings. The molecule has 1 atom stereocenters. The second kappa shape index (κ2) is 8.01. The van der Waals surface area contributed by atoms with Gasteiger partial charge in [-0.2, -0.15) is 18.3 Å². The van der Waals surface area contributed by atoms with E-state index in [-0.39, 0.29) is 23.0 Å². The Kier molecular flexibility index (Phi) is 5.24. The molecule has 4 aromatic rings. The number of H-pyrrole nitrogens is 1. The summed E-state index contributed by atoms with van der Waals surface area (Å²) in [5, 5.41) is 16.7. The molecule has 0 aliphatic heterocycles. The zero-order chi connectivity index (χ0) is 22.0. The van der Waals surface area contributed by atoms with Gasteiger partial charge in [0.1, 0.15) is 29.6 Å². The highest BCUT2D eigenvalue weighted by Crippen LogP contribution is 2.32. The van der Waals surface area contributed by atoms with E-state index in [0.29, 0.717) is 5.69 Å². The SMILES string of the molecule is C[C@@H](n1cnnc1-c1cccc(NC(=O)c2cc(-c3ccccc3)n[nH]2)n1)C(F)(F)F. The Balaban J connectivity index is 1.55. The molecule has 0 bridgehead atoms. The largest absolute Gasteiger partial charge is 0.408 e. The smallest absolute Gasteiger partial charge is 0.305 e. The number of alkyl halides is 3. The number of hydrogen-bond acceptors (Lipinski definition) is 5. The Morgan fingerprint density at radius 2 is 1.87 bits per heavy atom. The third-order valence-electron chi connectivity index (χ3n) is 4.58. The fourth-order valence-electron chi connectivity index (χ4n) is 2.87. The molecule has 0 saturated carbocycles. The summed E-state index contributed by atoms with van der Waals surface area (Å²) in [4.78, 5) is 16.8. The highest BCUT2D eigenvalue weighted by Gasteiger charge is 2.38. The van der Waals surface area contributed by atoms with Crippen LogP contribution in [0.5, 0.6) is 0 Å². The molecule has 0 unspecified atom stereocenters. The number of carbonyl (C=O) groups excluding carboxylic acids is 1. The van der Waals surface area contributed by atoms with Crippen LogP contribution < -0.4 is 5.32 Å². The van der Waals surface area contributed by atoms with Crippen molar-refractivity contribution in [3.05, 3.63) is 66.6 Å². The van der Waals surface area contributed by atoms with Crippen LogP contribution in [0.3, 0.4) is 0 Å². The average Bonchev–Trinajstić information content (AvgIpc) is 3.43. The first-order chi connectivity index (χ1) is 14.8. The fraction of sp³-hybridized carbons (Fsp3) is 0.150. The van der Waals surface area contributed by atoms with Crippen LogP contribution in [0.2, 0.25) is 0 Å². The topological polar surface area (TPSA) is 101 Å². The Hall–Kier alpha value is -4.02. The van der Waals surface area contributed by atoms with E-state index in [1.807, 2.05) is 30.3 Å². The van der Waals surface area contributed by atoms with Crippen molar-refractivity contribution < 1.29 is 18.0 Å². The minimum absolute atomic E-state index is 0.0613. The quantitative estimate of drug-likeness (QED) is 0.499. The van der Waals surface area contributed by atoms with Crippen molar-refractivity contribution in [2.45, 2.75) is 19.1 Å². The van der Waals surface area contributed by atoms with Crippen molar-refractivity contribution in [1.29, 1.82) is 0 Å². The lowest BCUT2D eigenvalue weighted by molar-refractivity contribution is -0.162. The predicted molar refractivity (Wildman–Crippen MR) is 106 cm³/mol. The molecule has 0 aliphatic rings. The monoisotopic (exact) mass is 427 g/mol. The summed E-state index contributed by atoms with van der Waals surface area (Å²) >= 11 is 0. The van der Waals surface area contributed by atoms with Crippen LogP contribution in [-0.4, -0.2) is 42.0 Å².